The second-order valence-electron chi connectivity index (χ2n) is 9.84. The summed E-state index contributed by atoms with van der Waals surface area (Å²) in [7, 11) is 0. The van der Waals surface area contributed by atoms with Gasteiger partial charge in [-0.15, -0.1) is 0 Å². The molecule has 0 rings (SSSR count). The highest BCUT2D eigenvalue weighted by atomic mass is 19.4. The molecule has 0 spiro atoms. The summed E-state index contributed by atoms with van der Waals surface area (Å²) in [5, 5.41) is 0. The molecular weight excluding hydrogens is 551 g/mol. The van der Waals surface area contributed by atoms with Gasteiger partial charge in [-0.05, 0) is 0 Å². The molecule has 0 unspecified atom stereocenters. The lowest BCUT2D eigenvalue weighted by molar-refractivity contribution is -0.219. The molecule has 0 aromatic heterocycles. The molecule has 0 aromatic carbocycles. The van der Waals surface area contributed by atoms with Crippen molar-refractivity contribution in [2.24, 2.45) is 0 Å². The van der Waals surface area contributed by atoms with Crippen LogP contribution in [0, 0.1) is 0 Å². The van der Waals surface area contributed by atoms with E-state index in [-0.39, 0.29) is 0 Å². The van der Waals surface area contributed by atoms with Crippen molar-refractivity contribution in [1.29, 1.82) is 0 Å². The van der Waals surface area contributed by atoms with Gasteiger partial charge < -0.3 is 0 Å². The molecule has 5 heteroatoms. The minimum atomic E-state index is -5.33. The van der Waals surface area contributed by atoms with Crippen molar-refractivity contribution in [3.63, 3.8) is 0 Å². The molecular formula is C38H91F5. The van der Waals surface area contributed by atoms with Crippen LogP contribution in [0.1, 0.15) is 240 Å². The largest absolute Gasteiger partial charge is 0.450 e. The van der Waals surface area contributed by atoms with Crippen molar-refractivity contribution in [2.45, 2.75) is 253 Å². The monoisotopic (exact) mass is 643 g/mol. The van der Waals surface area contributed by atoms with E-state index in [0.717, 1.165) is 0 Å². The first kappa shape index (κ1) is 69.4. The second-order valence-corrected chi connectivity index (χ2v) is 9.84. The highest BCUT2D eigenvalue weighted by Gasteiger charge is 2.40. The van der Waals surface area contributed by atoms with E-state index in [1.165, 1.54) is 116 Å². The third kappa shape index (κ3) is 305. The van der Waals surface area contributed by atoms with Crippen LogP contribution >= 0.6 is 0 Å². The molecule has 0 heterocycles. The maximum atomic E-state index is 10.4. The Kier molecular flexibility index (Phi) is 156. The molecule has 0 saturated carbocycles. The van der Waals surface area contributed by atoms with Crippen LogP contribution in [0.25, 0.3) is 0 Å². The zero-order valence-electron chi connectivity index (χ0n) is 33.7. The van der Waals surface area contributed by atoms with Crippen LogP contribution in [0.15, 0.2) is 0 Å². The Hall–Kier alpha value is -0.350. The van der Waals surface area contributed by atoms with Crippen molar-refractivity contribution in [3.05, 3.63) is 0 Å². The molecule has 43 heavy (non-hydrogen) atoms. The van der Waals surface area contributed by atoms with E-state index in [2.05, 4.69) is 125 Å². The van der Waals surface area contributed by atoms with Crippen LogP contribution in [0.5, 0.6) is 0 Å². The molecule has 0 aliphatic rings. The first-order valence-electron chi connectivity index (χ1n) is 18.5. The van der Waals surface area contributed by atoms with E-state index >= 15 is 0 Å². The van der Waals surface area contributed by atoms with Crippen molar-refractivity contribution < 1.29 is 22.0 Å². The van der Waals surface area contributed by atoms with Crippen molar-refractivity contribution in [2.75, 3.05) is 0 Å². The maximum Gasteiger partial charge on any atom is 0.450 e. The SMILES string of the molecule is CCCC.CCCC.CCCC.CCCC.CCCC.CCCC.CCCC.CCCC.CCCC.FC(F)C(F)(F)F. The Labute approximate surface area is 274 Å². The third-order valence-electron chi connectivity index (χ3n) is 4.75. The Balaban J connectivity index is -0.0000000354. The smallest absolute Gasteiger partial charge is 0.200 e. The highest BCUT2D eigenvalue weighted by Crippen LogP contribution is 2.22. The summed E-state index contributed by atoms with van der Waals surface area (Å²) in [5.41, 5.74) is 0. The Morgan fingerprint density at radius 3 is 0.302 bits per heavy atom. The van der Waals surface area contributed by atoms with Gasteiger partial charge in [0.1, 0.15) is 0 Å². The van der Waals surface area contributed by atoms with Gasteiger partial charge in [-0.1, -0.05) is 240 Å². The van der Waals surface area contributed by atoms with Crippen LogP contribution in [0.2, 0.25) is 0 Å². The lowest BCUT2D eigenvalue weighted by atomic mass is 10.4. The van der Waals surface area contributed by atoms with Gasteiger partial charge in [0.2, 0.25) is 0 Å². The van der Waals surface area contributed by atoms with Crippen LogP contribution in [-0.4, -0.2) is 12.6 Å². The number of rotatable bonds is 9. The lowest BCUT2D eigenvalue weighted by Gasteiger charge is -2.00. The van der Waals surface area contributed by atoms with Crippen molar-refractivity contribution >= 4 is 0 Å². The van der Waals surface area contributed by atoms with Gasteiger partial charge in [-0.2, -0.15) is 13.2 Å². The fourth-order valence-electron chi connectivity index (χ4n) is 0. The van der Waals surface area contributed by atoms with Gasteiger partial charge >= 0.3 is 12.6 Å². The molecule has 0 atom stereocenters. The number of hydrogen-bond donors (Lipinski definition) is 0. The standard InChI is InChI=1S/9C4H10.C2HF5/c9*1-3-4-2;3-1(4)2(5,6)7/h9*3-4H2,1-2H3;1H. The molecule has 0 amide bonds. The van der Waals surface area contributed by atoms with E-state index < -0.39 is 12.6 Å². The normalized spacial score (nSPS) is 8.37. The quantitative estimate of drug-likeness (QED) is 0.220. The first-order valence-corrected chi connectivity index (χ1v) is 18.5. The lowest BCUT2D eigenvalue weighted by Crippen LogP contribution is -2.18. The molecule has 0 saturated heterocycles. The van der Waals surface area contributed by atoms with E-state index in [1.807, 2.05) is 0 Å². The van der Waals surface area contributed by atoms with Crippen LogP contribution in [0.3, 0.4) is 0 Å². The molecule has 0 aliphatic carbocycles. The molecule has 0 radical (unpaired) electrons. The van der Waals surface area contributed by atoms with E-state index in [4.69, 9.17) is 0 Å². The molecule has 0 aromatic rings. The van der Waals surface area contributed by atoms with Gasteiger partial charge in [0.25, 0.3) is 0 Å². The summed E-state index contributed by atoms with van der Waals surface area (Å²) in [5.74, 6) is 0. The average Bonchev–Trinajstić information content (AvgIpc) is 3.05. The van der Waals surface area contributed by atoms with Gasteiger partial charge in [-0.25, -0.2) is 8.78 Å². The summed E-state index contributed by atoms with van der Waals surface area (Å²) in [6, 6.07) is 0. The predicted molar refractivity (Wildman–Crippen MR) is 197 cm³/mol. The minimum absolute atomic E-state index is 1.32. The topological polar surface area (TPSA) is 0 Å². The van der Waals surface area contributed by atoms with Crippen LogP contribution in [-0.2, 0) is 0 Å². The molecule has 0 nitrogen and oxygen atoms in total. The average molecular weight is 643 g/mol. The third-order valence-corrected chi connectivity index (χ3v) is 4.75. The molecule has 0 N–H and O–H groups in total. The number of hydrogen-bond acceptors (Lipinski definition) is 0. The minimum Gasteiger partial charge on any atom is -0.200 e. The molecule has 0 bridgehead atoms. The maximum absolute atomic E-state index is 10.4. The van der Waals surface area contributed by atoms with Gasteiger partial charge in [0.05, 0.1) is 0 Å². The highest BCUT2D eigenvalue weighted by molar-refractivity contribution is 4.49. The molecule has 278 valence electrons. The zero-order valence-corrected chi connectivity index (χ0v) is 33.7. The van der Waals surface area contributed by atoms with Gasteiger partial charge in [0, 0.05) is 0 Å². The Morgan fingerprint density at radius 2 is 0.302 bits per heavy atom. The van der Waals surface area contributed by atoms with Gasteiger partial charge in [-0.3, -0.25) is 0 Å². The summed E-state index contributed by atoms with van der Waals surface area (Å²) in [6.45, 7) is 39.3. The summed E-state index contributed by atoms with van der Waals surface area (Å²) >= 11 is 0. The summed E-state index contributed by atoms with van der Waals surface area (Å²) in [4.78, 5) is 0. The van der Waals surface area contributed by atoms with Crippen molar-refractivity contribution in [1.82, 2.24) is 0 Å². The van der Waals surface area contributed by atoms with E-state index in [1.54, 1.807) is 0 Å². The predicted octanol–water partition coefficient (Wildman–Crippen LogP) is 18.1. The Morgan fingerprint density at radius 1 is 0.256 bits per heavy atom. The fraction of sp³-hybridized carbons (Fsp3) is 1.00. The summed E-state index contributed by atoms with van der Waals surface area (Å²) in [6.07, 6.45) is 14.2. The fourth-order valence-corrected chi connectivity index (χ4v) is 0. The van der Waals surface area contributed by atoms with Crippen molar-refractivity contribution in [3.8, 4) is 0 Å². The van der Waals surface area contributed by atoms with Crippen LogP contribution in [0.4, 0.5) is 22.0 Å². The molecule has 0 aliphatic heterocycles. The number of alkyl halides is 5. The number of halogens is 5. The summed E-state index contributed by atoms with van der Waals surface area (Å²) < 4.78 is 52.1. The van der Waals surface area contributed by atoms with E-state index in [9.17, 15) is 22.0 Å². The van der Waals surface area contributed by atoms with Crippen LogP contribution < -0.4 is 0 Å². The molecule has 0 fully saturated rings. The van der Waals surface area contributed by atoms with Gasteiger partial charge in [0.15, 0.2) is 0 Å². The Bertz CT molecular complexity index is 192. The number of unbranched alkanes of at least 4 members (excludes halogenated alkanes) is 9. The van der Waals surface area contributed by atoms with E-state index in [0.29, 0.717) is 0 Å². The first-order chi connectivity index (χ1) is 20.2. The second kappa shape index (κ2) is 96.9. The zero-order chi connectivity index (χ0) is 36.8.